The van der Waals surface area contributed by atoms with E-state index in [0.717, 1.165) is 16.8 Å². The fourth-order valence-corrected chi connectivity index (χ4v) is 2.23. The van der Waals surface area contributed by atoms with Gasteiger partial charge in [0.05, 0.1) is 6.54 Å². The van der Waals surface area contributed by atoms with Crippen molar-refractivity contribution < 1.29 is 4.74 Å². The number of hydrogen-bond donors (Lipinski definition) is 1. The molecule has 1 aromatic heterocycles. The van der Waals surface area contributed by atoms with Crippen molar-refractivity contribution in [2.45, 2.75) is 19.5 Å². The van der Waals surface area contributed by atoms with Crippen LogP contribution in [0.5, 0.6) is 5.75 Å². The number of rotatable bonds is 6. The SMILES string of the molecule is CNC(C)c1ccn(CCOc2cccc(Br)c2)c1. The Morgan fingerprint density at radius 2 is 2.21 bits per heavy atom. The second kappa shape index (κ2) is 6.78. The summed E-state index contributed by atoms with van der Waals surface area (Å²) >= 11 is 3.43. The molecular formula is C15H19BrN2O. The normalized spacial score (nSPS) is 12.4. The molecule has 0 aliphatic carbocycles. The summed E-state index contributed by atoms with van der Waals surface area (Å²) in [5, 5.41) is 3.23. The third kappa shape index (κ3) is 4.11. The van der Waals surface area contributed by atoms with Gasteiger partial charge < -0.3 is 14.6 Å². The standard InChI is InChI=1S/C15H19BrN2O/c1-12(17-2)13-6-7-18(11-13)8-9-19-15-5-3-4-14(16)10-15/h3-7,10-12,17H,8-9H2,1-2H3. The third-order valence-corrected chi connectivity index (χ3v) is 3.61. The van der Waals surface area contributed by atoms with Gasteiger partial charge in [0.2, 0.25) is 0 Å². The number of aromatic nitrogens is 1. The first-order valence-corrected chi connectivity index (χ1v) is 7.19. The average Bonchev–Trinajstić information content (AvgIpc) is 2.87. The van der Waals surface area contributed by atoms with Crippen LogP contribution in [0.3, 0.4) is 0 Å². The zero-order valence-corrected chi connectivity index (χ0v) is 12.9. The molecule has 0 aliphatic heterocycles. The smallest absolute Gasteiger partial charge is 0.120 e. The summed E-state index contributed by atoms with van der Waals surface area (Å²) in [7, 11) is 1.97. The molecule has 0 fully saturated rings. The Kier molecular flexibility index (Phi) is 5.05. The van der Waals surface area contributed by atoms with Crippen LogP contribution in [0.4, 0.5) is 0 Å². The summed E-state index contributed by atoms with van der Waals surface area (Å²) in [6, 6.07) is 10.4. The summed E-state index contributed by atoms with van der Waals surface area (Å²) < 4.78 is 8.91. The molecule has 2 aromatic rings. The summed E-state index contributed by atoms with van der Waals surface area (Å²) in [4.78, 5) is 0. The van der Waals surface area contributed by atoms with E-state index in [-0.39, 0.29) is 0 Å². The lowest BCUT2D eigenvalue weighted by Gasteiger charge is -2.08. The van der Waals surface area contributed by atoms with Gasteiger partial charge in [-0.15, -0.1) is 0 Å². The summed E-state index contributed by atoms with van der Waals surface area (Å²) in [6.45, 7) is 3.67. The van der Waals surface area contributed by atoms with Crippen molar-refractivity contribution in [2.24, 2.45) is 0 Å². The molecular weight excluding hydrogens is 304 g/mol. The van der Waals surface area contributed by atoms with Crippen LogP contribution in [-0.4, -0.2) is 18.2 Å². The van der Waals surface area contributed by atoms with Gasteiger partial charge in [-0.3, -0.25) is 0 Å². The molecule has 19 heavy (non-hydrogen) atoms. The number of ether oxygens (including phenoxy) is 1. The predicted molar refractivity (Wildman–Crippen MR) is 81.5 cm³/mol. The highest BCUT2D eigenvalue weighted by Gasteiger charge is 2.04. The maximum atomic E-state index is 5.72. The largest absolute Gasteiger partial charge is 0.492 e. The van der Waals surface area contributed by atoms with Crippen LogP contribution in [-0.2, 0) is 6.54 Å². The highest BCUT2D eigenvalue weighted by molar-refractivity contribution is 9.10. The van der Waals surface area contributed by atoms with Gasteiger partial charge in [-0.2, -0.15) is 0 Å². The second-order valence-corrected chi connectivity index (χ2v) is 5.41. The second-order valence-electron chi connectivity index (χ2n) is 4.50. The Labute approximate surface area is 122 Å². The van der Waals surface area contributed by atoms with Crippen LogP contribution in [0.15, 0.2) is 47.2 Å². The van der Waals surface area contributed by atoms with E-state index in [4.69, 9.17) is 4.74 Å². The topological polar surface area (TPSA) is 26.2 Å². The molecule has 0 bridgehead atoms. The van der Waals surface area contributed by atoms with Crippen molar-refractivity contribution in [3.63, 3.8) is 0 Å². The molecule has 2 rings (SSSR count). The zero-order valence-electron chi connectivity index (χ0n) is 11.3. The molecule has 1 heterocycles. The molecule has 0 saturated carbocycles. The van der Waals surface area contributed by atoms with Crippen molar-refractivity contribution in [1.82, 2.24) is 9.88 Å². The number of nitrogens with one attached hydrogen (secondary N) is 1. The first-order valence-electron chi connectivity index (χ1n) is 6.40. The van der Waals surface area contributed by atoms with E-state index >= 15 is 0 Å². The van der Waals surface area contributed by atoms with Crippen molar-refractivity contribution in [3.05, 3.63) is 52.8 Å². The first-order chi connectivity index (χ1) is 9.19. The number of halogens is 1. The molecule has 4 heteroatoms. The first kappa shape index (κ1) is 14.2. The molecule has 0 saturated heterocycles. The molecule has 1 unspecified atom stereocenters. The lowest BCUT2D eigenvalue weighted by atomic mass is 10.2. The Balaban J connectivity index is 1.84. The molecule has 0 spiro atoms. The van der Waals surface area contributed by atoms with Gasteiger partial charge in [-0.05, 0) is 43.8 Å². The van der Waals surface area contributed by atoms with Crippen LogP contribution in [0.1, 0.15) is 18.5 Å². The molecule has 102 valence electrons. The minimum Gasteiger partial charge on any atom is -0.492 e. The van der Waals surface area contributed by atoms with E-state index in [1.54, 1.807) is 0 Å². The molecule has 1 aromatic carbocycles. The van der Waals surface area contributed by atoms with Crippen molar-refractivity contribution in [3.8, 4) is 5.75 Å². The Bertz CT molecular complexity index is 524. The van der Waals surface area contributed by atoms with Gasteiger partial charge in [-0.25, -0.2) is 0 Å². The van der Waals surface area contributed by atoms with Gasteiger partial charge in [-0.1, -0.05) is 22.0 Å². The minimum absolute atomic E-state index is 0.382. The van der Waals surface area contributed by atoms with E-state index in [1.807, 2.05) is 31.3 Å². The molecule has 1 N–H and O–H groups in total. The maximum Gasteiger partial charge on any atom is 0.120 e. The highest BCUT2D eigenvalue weighted by Crippen LogP contribution is 2.18. The molecule has 0 radical (unpaired) electrons. The summed E-state index contributed by atoms with van der Waals surface area (Å²) in [5.74, 6) is 0.894. The lowest BCUT2D eigenvalue weighted by molar-refractivity contribution is 0.298. The van der Waals surface area contributed by atoms with E-state index in [1.165, 1.54) is 5.56 Å². The minimum atomic E-state index is 0.382. The Morgan fingerprint density at radius 3 is 2.95 bits per heavy atom. The molecule has 3 nitrogen and oxygen atoms in total. The van der Waals surface area contributed by atoms with Crippen molar-refractivity contribution >= 4 is 15.9 Å². The molecule has 0 amide bonds. The predicted octanol–water partition coefficient (Wildman–Crippen LogP) is 3.61. The van der Waals surface area contributed by atoms with Gasteiger partial charge in [0.15, 0.2) is 0 Å². The molecule has 1 atom stereocenters. The quantitative estimate of drug-likeness (QED) is 0.879. The van der Waals surface area contributed by atoms with Crippen LogP contribution >= 0.6 is 15.9 Å². The monoisotopic (exact) mass is 322 g/mol. The van der Waals surface area contributed by atoms with Crippen LogP contribution < -0.4 is 10.1 Å². The summed E-state index contributed by atoms with van der Waals surface area (Å²) in [6.07, 6.45) is 4.25. The van der Waals surface area contributed by atoms with Gasteiger partial charge in [0.25, 0.3) is 0 Å². The average molecular weight is 323 g/mol. The van der Waals surface area contributed by atoms with Gasteiger partial charge >= 0.3 is 0 Å². The van der Waals surface area contributed by atoms with Crippen LogP contribution in [0.25, 0.3) is 0 Å². The zero-order chi connectivity index (χ0) is 13.7. The fourth-order valence-electron chi connectivity index (χ4n) is 1.85. The number of nitrogens with zero attached hydrogens (tertiary/aromatic N) is 1. The Morgan fingerprint density at radius 1 is 1.37 bits per heavy atom. The van der Waals surface area contributed by atoms with E-state index in [0.29, 0.717) is 12.6 Å². The van der Waals surface area contributed by atoms with Crippen molar-refractivity contribution in [1.29, 1.82) is 0 Å². The highest BCUT2D eigenvalue weighted by atomic mass is 79.9. The molecule has 0 aliphatic rings. The van der Waals surface area contributed by atoms with Gasteiger partial charge in [0, 0.05) is 22.9 Å². The van der Waals surface area contributed by atoms with Crippen molar-refractivity contribution in [2.75, 3.05) is 13.7 Å². The van der Waals surface area contributed by atoms with E-state index in [9.17, 15) is 0 Å². The summed E-state index contributed by atoms with van der Waals surface area (Å²) in [5.41, 5.74) is 1.30. The van der Waals surface area contributed by atoms with Crippen LogP contribution in [0.2, 0.25) is 0 Å². The number of benzene rings is 1. The Hall–Kier alpha value is -1.26. The van der Waals surface area contributed by atoms with E-state index in [2.05, 4.69) is 51.2 Å². The number of hydrogen-bond acceptors (Lipinski definition) is 2. The van der Waals surface area contributed by atoms with Gasteiger partial charge in [0.1, 0.15) is 12.4 Å². The fraction of sp³-hybridized carbons (Fsp3) is 0.333. The van der Waals surface area contributed by atoms with E-state index < -0.39 is 0 Å². The third-order valence-electron chi connectivity index (χ3n) is 3.12. The maximum absolute atomic E-state index is 5.72. The lowest BCUT2D eigenvalue weighted by Crippen LogP contribution is -2.11. The van der Waals surface area contributed by atoms with Crippen LogP contribution in [0, 0.1) is 0 Å².